The van der Waals surface area contributed by atoms with Crippen molar-refractivity contribution < 1.29 is 182 Å². The minimum Gasteiger partial charge on any atom is -0.493 e. The van der Waals surface area contributed by atoms with Crippen LogP contribution < -0.4 is 14.2 Å². The molecule has 6 saturated heterocycles. The number of methoxy groups -OCH3 is 3. The lowest BCUT2D eigenvalue weighted by Crippen LogP contribution is -2.71. The SMILES string of the molecule is COc1cc(/C=C/C(=O)O[C@@H]2[C@H](O[C@@H]3O[C@@H](C)[C@H](O)[C@@H](O)[C@H]3O)[C@@H](O[C@@H]3O[C@@H](C)[C@H](O[C@@H]4OC[C@@H](O[C@@H]5O[C@H](CO)[C@H](O)[C@H](O)[C@H]5O)[C@H](O)[C@H]4O)[C@@H](O)[C@H]3O)[C@H](OC(=O)[C@]34CCC(C)(C)C[C@H]3C3=CC[C@@H]5[C@@]6(C)C[C@H](O)[C@H](O[C@@H]7O[C@H](CO)[C@@H](O)[C@H](O)[C@H]7O)[C@@](C)(C(=O)O)[C@@H]6CC[C@@]5(C)[C@]3(CO)CC4)O[C@@H]2C)cc(OC)c1OC. The van der Waals surface area contributed by atoms with E-state index in [1.165, 1.54) is 55.1 Å². The van der Waals surface area contributed by atoms with Gasteiger partial charge in [-0.25, -0.2) is 4.79 Å². The van der Waals surface area contributed by atoms with Crippen molar-refractivity contribution in [2.24, 2.45) is 50.2 Å². The van der Waals surface area contributed by atoms with E-state index in [1.807, 2.05) is 13.0 Å². The largest absolute Gasteiger partial charge is 0.493 e. The number of carbonyl (C=O) groups excluding carboxylic acids is 2. The Kier molecular flexibility index (Phi) is 26.5. The molecule has 37 nitrogen and oxygen atoms in total. The highest BCUT2D eigenvalue weighted by Gasteiger charge is 2.74. The van der Waals surface area contributed by atoms with Crippen LogP contribution in [-0.2, 0) is 76.0 Å². The van der Waals surface area contributed by atoms with Crippen LogP contribution in [-0.4, -0.2) is 348 Å². The average molecular weight is 1630 g/mol. The first kappa shape index (κ1) is 88.7. The van der Waals surface area contributed by atoms with E-state index in [9.17, 15) is 102 Å². The number of ether oxygens (including phenoxy) is 16. The number of hydrogen-bond acceptors (Lipinski definition) is 36. The molecule has 0 aromatic heterocycles. The summed E-state index contributed by atoms with van der Waals surface area (Å²) >= 11 is 0. The fourth-order valence-electron chi connectivity index (χ4n) is 20.9. The molecular formula is C77H116O37. The number of rotatable bonds is 22. The summed E-state index contributed by atoms with van der Waals surface area (Å²) in [4.78, 5) is 45.0. The van der Waals surface area contributed by atoms with E-state index in [1.54, 1.807) is 12.1 Å². The normalized spacial score (nSPS) is 48.8. The van der Waals surface area contributed by atoms with Crippen LogP contribution in [0.1, 0.15) is 119 Å². The number of fused-ring (bicyclic) bond motifs is 7. The van der Waals surface area contributed by atoms with Gasteiger partial charge in [-0.15, -0.1) is 0 Å². The van der Waals surface area contributed by atoms with Crippen molar-refractivity contribution in [3.63, 3.8) is 0 Å². The Bertz CT molecular complexity index is 3560. The zero-order valence-corrected chi connectivity index (χ0v) is 65.5. The van der Waals surface area contributed by atoms with Crippen LogP contribution in [0.2, 0.25) is 0 Å². The molecule has 1 aromatic rings. The Labute approximate surface area is 657 Å². The number of benzene rings is 1. The summed E-state index contributed by atoms with van der Waals surface area (Å²) in [6.07, 6.45) is -48.4. The quantitative estimate of drug-likeness (QED) is 0.0233. The van der Waals surface area contributed by atoms with Gasteiger partial charge in [-0.2, -0.15) is 0 Å². The molecule has 12 rings (SSSR count). The Hall–Kier alpha value is -4.61. The molecule has 39 atom stereocenters. The third-order valence-corrected chi connectivity index (χ3v) is 27.5. The van der Waals surface area contributed by atoms with E-state index in [4.69, 9.17) is 75.8 Å². The number of esters is 2. The molecule has 6 aliphatic heterocycles. The lowest BCUT2D eigenvalue weighted by molar-refractivity contribution is -0.392. The lowest BCUT2D eigenvalue weighted by atomic mass is 9.33. The molecule has 114 heavy (non-hydrogen) atoms. The van der Waals surface area contributed by atoms with E-state index in [2.05, 4.69) is 20.8 Å². The molecule has 10 fully saturated rings. The standard InChI is InChI=1S/C77H116O37/c1-30-45(83)49(87)54(92)65(103-30)111-61-59(109-44(82)15-12-33-22-37(99-9)60(101-11)38(23-33)100-10)32(3)105-69(62(61)112-66-57(95)52(90)58(31(2)104-66)110-64-53(91)48(86)41(28-102-64)108-67-55(93)50(88)46(84)39(26-78)106-67)114-71(98)76-19-18-72(4,5)24-35(76)34-13-14-42-73(6)25-36(81)63(113-68-56(94)51(89)47(85)40(27-79)107-68)75(8,70(96)97)43(73)16-17-74(42,7)77(34,29-80)21-20-76/h12-13,15,22-23,30-32,35-36,39-43,45-59,61-69,78-81,83-95H,14,16-21,24-29H2,1-11H3,(H,96,97)/b15-12+/t30-,31-,32+,35-,36-,39+,40+,41+,42+,43+,45-,46-,47+,48-,49+,50-,51-,52-,53+,54+,55+,56+,57+,58-,59-,61-,62+,63-,64-,65-,66-,67-,68-,69-,73+,74+,75-,76-,77-/m0/s1. The number of aliphatic carboxylic acids is 1. The van der Waals surface area contributed by atoms with E-state index in [0.717, 1.165) is 11.6 Å². The lowest BCUT2D eigenvalue weighted by Gasteiger charge is -2.71. The number of hydrogen-bond donors (Lipinski definition) is 18. The molecule has 18 N–H and O–H groups in total. The first-order valence-electron chi connectivity index (χ1n) is 39.1. The van der Waals surface area contributed by atoms with Gasteiger partial charge in [0.2, 0.25) is 12.0 Å². The average Bonchev–Trinajstić information content (AvgIpc) is 0.668. The minimum atomic E-state index is -2.21. The first-order chi connectivity index (χ1) is 53.7. The van der Waals surface area contributed by atoms with Gasteiger partial charge in [-0.1, -0.05) is 39.3 Å². The Balaban J connectivity index is 0.869. The Morgan fingerprint density at radius 3 is 1.62 bits per heavy atom. The Morgan fingerprint density at radius 2 is 1.04 bits per heavy atom. The number of allylic oxidation sites excluding steroid dienone is 1. The van der Waals surface area contributed by atoms with Crippen molar-refractivity contribution in [2.45, 2.75) is 304 Å². The molecule has 4 saturated carbocycles. The molecule has 11 aliphatic rings. The van der Waals surface area contributed by atoms with Gasteiger partial charge in [0.15, 0.2) is 55.2 Å². The zero-order valence-electron chi connectivity index (χ0n) is 65.5. The zero-order chi connectivity index (χ0) is 83.3. The van der Waals surface area contributed by atoms with Crippen molar-refractivity contribution in [1.29, 1.82) is 0 Å². The molecular weight excluding hydrogens is 1520 g/mol. The van der Waals surface area contributed by atoms with Crippen molar-refractivity contribution in [3.05, 3.63) is 35.4 Å². The molecule has 1 aromatic carbocycles. The maximum atomic E-state index is 16.5. The fourth-order valence-corrected chi connectivity index (χ4v) is 20.9. The summed E-state index contributed by atoms with van der Waals surface area (Å²) in [6, 6.07) is 3.08. The first-order valence-corrected chi connectivity index (χ1v) is 39.1. The summed E-state index contributed by atoms with van der Waals surface area (Å²) in [5.74, 6) is -4.41. The molecule has 0 spiro atoms. The highest BCUT2D eigenvalue weighted by Crippen LogP contribution is 2.76. The number of carbonyl (C=O) groups is 3. The van der Waals surface area contributed by atoms with E-state index in [0.29, 0.717) is 24.8 Å². The van der Waals surface area contributed by atoms with Gasteiger partial charge in [0, 0.05) is 11.5 Å². The molecule has 0 bridgehead atoms. The minimum absolute atomic E-state index is 0.0367. The Morgan fingerprint density at radius 1 is 0.518 bits per heavy atom. The topological polar surface area (TPSA) is 563 Å². The molecule has 646 valence electrons. The molecule has 6 heterocycles. The smallest absolute Gasteiger partial charge is 0.331 e. The fraction of sp³-hybridized carbons (Fsp3) is 0.831. The van der Waals surface area contributed by atoms with Crippen LogP contribution in [0, 0.1) is 50.2 Å². The van der Waals surface area contributed by atoms with Crippen LogP contribution in [0.3, 0.4) is 0 Å². The maximum absolute atomic E-state index is 16.5. The second kappa shape index (κ2) is 34.1. The van der Waals surface area contributed by atoms with E-state index in [-0.39, 0.29) is 55.8 Å². The predicted octanol–water partition coefficient (Wildman–Crippen LogP) is -3.37. The molecule has 37 heteroatoms. The van der Waals surface area contributed by atoms with Gasteiger partial charge < -0.3 is 168 Å². The third kappa shape index (κ3) is 15.5. The number of carboxylic acids is 1. The van der Waals surface area contributed by atoms with Gasteiger partial charge in [0.1, 0.15) is 116 Å². The molecule has 0 radical (unpaired) electrons. The summed E-state index contributed by atoms with van der Waals surface area (Å²) in [6.45, 7) is 11.1. The predicted molar refractivity (Wildman–Crippen MR) is 382 cm³/mol. The van der Waals surface area contributed by atoms with Crippen LogP contribution in [0.15, 0.2) is 29.9 Å². The maximum Gasteiger partial charge on any atom is 0.331 e. The highest BCUT2D eigenvalue weighted by atomic mass is 16.8. The molecule has 0 unspecified atom stereocenters. The summed E-state index contributed by atoms with van der Waals surface area (Å²) < 4.78 is 96.8. The second-order valence-corrected chi connectivity index (χ2v) is 34.4. The van der Waals surface area contributed by atoms with Crippen molar-refractivity contribution in [2.75, 3.05) is 47.8 Å². The van der Waals surface area contributed by atoms with Gasteiger partial charge in [0.25, 0.3) is 0 Å². The van der Waals surface area contributed by atoms with Crippen molar-refractivity contribution >= 4 is 24.0 Å². The third-order valence-electron chi connectivity index (χ3n) is 27.5. The van der Waals surface area contributed by atoms with Gasteiger partial charge in [-0.3, -0.25) is 9.59 Å². The van der Waals surface area contributed by atoms with Crippen LogP contribution in [0.5, 0.6) is 17.2 Å². The van der Waals surface area contributed by atoms with Gasteiger partial charge in [0.05, 0.1) is 83.0 Å². The van der Waals surface area contributed by atoms with Crippen molar-refractivity contribution in [3.8, 4) is 17.2 Å². The number of carboxylic acid groups (broad SMARTS) is 1. The van der Waals surface area contributed by atoms with Gasteiger partial charge >= 0.3 is 17.9 Å². The number of aliphatic hydroxyl groups excluding tert-OH is 17. The molecule has 5 aliphatic carbocycles. The second-order valence-electron chi connectivity index (χ2n) is 34.4. The van der Waals surface area contributed by atoms with Gasteiger partial charge in [-0.05, 0) is 143 Å². The van der Waals surface area contributed by atoms with E-state index < -0.39 is 285 Å². The van der Waals surface area contributed by atoms with Crippen molar-refractivity contribution in [1.82, 2.24) is 0 Å². The number of aliphatic hydroxyl groups is 17. The molecule has 0 amide bonds. The van der Waals surface area contributed by atoms with Crippen LogP contribution >= 0.6 is 0 Å². The highest BCUT2D eigenvalue weighted by molar-refractivity contribution is 5.87. The van der Waals surface area contributed by atoms with E-state index >= 15 is 4.79 Å². The monoisotopic (exact) mass is 1630 g/mol. The summed E-state index contributed by atoms with van der Waals surface area (Å²) in [5, 5.41) is 201. The summed E-state index contributed by atoms with van der Waals surface area (Å²) in [5.41, 5.74) is -5.68. The van der Waals surface area contributed by atoms with Crippen LogP contribution in [0.4, 0.5) is 0 Å². The summed E-state index contributed by atoms with van der Waals surface area (Å²) in [7, 11) is 4.19. The van der Waals surface area contributed by atoms with Crippen LogP contribution in [0.25, 0.3) is 6.08 Å².